The molecule has 140 valence electrons. The molecule has 0 saturated carbocycles. The quantitative estimate of drug-likeness (QED) is 0.810. The lowest BCUT2D eigenvalue weighted by molar-refractivity contribution is -0.125. The fourth-order valence-electron chi connectivity index (χ4n) is 2.82. The van der Waals surface area contributed by atoms with Crippen molar-refractivity contribution in [2.24, 2.45) is 11.3 Å². The van der Waals surface area contributed by atoms with E-state index < -0.39 is 17.2 Å². The second-order valence-corrected chi connectivity index (χ2v) is 8.19. The summed E-state index contributed by atoms with van der Waals surface area (Å²) < 4.78 is 0. The SMILES string of the molecule is CC(C)c1ccc(NC(=O)CSC2=C(C#N)C(C)(C)[C@@H](C#N)C(=O)N2)cc1. The Bertz CT molecular complexity index is 857. The van der Waals surface area contributed by atoms with Crippen molar-refractivity contribution in [3.63, 3.8) is 0 Å². The minimum Gasteiger partial charge on any atom is -0.325 e. The Hall–Kier alpha value is -2.77. The summed E-state index contributed by atoms with van der Waals surface area (Å²) in [6.45, 7) is 7.58. The van der Waals surface area contributed by atoms with Crippen LogP contribution in [0.15, 0.2) is 34.9 Å². The van der Waals surface area contributed by atoms with E-state index in [0.29, 0.717) is 22.2 Å². The Morgan fingerprint density at radius 2 is 1.93 bits per heavy atom. The van der Waals surface area contributed by atoms with E-state index >= 15 is 0 Å². The Morgan fingerprint density at radius 1 is 1.30 bits per heavy atom. The van der Waals surface area contributed by atoms with Crippen molar-refractivity contribution >= 4 is 29.3 Å². The second-order valence-electron chi connectivity index (χ2n) is 7.20. The molecule has 0 bridgehead atoms. The highest BCUT2D eigenvalue weighted by Crippen LogP contribution is 2.41. The molecule has 0 unspecified atom stereocenters. The predicted molar refractivity (Wildman–Crippen MR) is 105 cm³/mol. The first kappa shape index (κ1) is 20.5. The minimum absolute atomic E-state index is 0.0417. The number of thioether (sulfide) groups is 1. The van der Waals surface area contributed by atoms with Crippen LogP contribution in [0.3, 0.4) is 0 Å². The molecule has 0 aliphatic carbocycles. The zero-order valence-electron chi connectivity index (χ0n) is 15.8. The molecule has 2 amide bonds. The van der Waals surface area contributed by atoms with Crippen molar-refractivity contribution in [2.45, 2.75) is 33.6 Å². The second kappa shape index (κ2) is 8.28. The summed E-state index contributed by atoms with van der Waals surface area (Å²) in [5, 5.41) is 24.4. The average Bonchev–Trinajstić information content (AvgIpc) is 2.60. The van der Waals surface area contributed by atoms with E-state index in [9.17, 15) is 20.1 Å². The zero-order chi connectivity index (χ0) is 20.2. The molecule has 7 heteroatoms. The first-order chi connectivity index (χ1) is 12.7. The predicted octanol–water partition coefficient (Wildman–Crippen LogP) is 3.51. The van der Waals surface area contributed by atoms with Crippen LogP contribution < -0.4 is 10.6 Å². The Kier molecular flexibility index (Phi) is 6.30. The van der Waals surface area contributed by atoms with Crippen molar-refractivity contribution < 1.29 is 9.59 Å². The lowest BCUT2D eigenvalue weighted by Gasteiger charge is -2.34. The van der Waals surface area contributed by atoms with E-state index in [0.717, 1.165) is 11.8 Å². The number of hydrogen-bond donors (Lipinski definition) is 2. The third-order valence-electron chi connectivity index (χ3n) is 4.54. The summed E-state index contributed by atoms with van der Waals surface area (Å²) >= 11 is 1.09. The monoisotopic (exact) mass is 382 g/mol. The maximum absolute atomic E-state index is 12.2. The molecule has 0 radical (unpaired) electrons. The molecule has 2 N–H and O–H groups in total. The molecule has 1 aromatic rings. The zero-order valence-corrected chi connectivity index (χ0v) is 16.6. The van der Waals surface area contributed by atoms with Gasteiger partial charge in [0.1, 0.15) is 5.92 Å². The number of anilines is 1. The van der Waals surface area contributed by atoms with Gasteiger partial charge in [-0.05, 0) is 23.6 Å². The lowest BCUT2D eigenvalue weighted by atomic mass is 9.72. The number of allylic oxidation sites excluding steroid dienone is 1. The normalized spacial score (nSPS) is 18.5. The molecule has 1 aliphatic rings. The van der Waals surface area contributed by atoms with Crippen LogP contribution in [0.25, 0.3) is 0 Å². The Balaban J connectivity index is 2.07. The fourth-order valence-corrected chi connectivity index (χ4v) is 3.79. The number of rotatable bonds is 5. The smallest absolute Gasteiger partial charge is 0.243 e. The molecule has 0 aromatic heterocycles. The summed E-state index contributed by atoms with van der Waals surface area (Å²) in [5.74, 6) is -1.17. The van der Waals surface area contributed by atoms with Crippen molar-refractivity contribution in [2.75, 3.05) is 11.1 Å². The lowest BCUT2D eigenvalue weighted by Crippen LogP contribution is -2.44. The van der Waals surface area contributed by atoms with Crippen molar-refractivity contribution in [3.05, 3.63) is 40.4 Å². The number of nitrogens with one attached hydrogen (secondary N) is 2. The number of carbonyl (C=O) groups excluding carboxylic acids is 2. The number of carbonyl (C=O) groups is 2. The maximum atomic E-state index is 12.2. The van der Waals surface area contributed by atoms with Crippen LogP contribution in [-0.2, 0) is 9.59 Å². The van der Waals surface area contributed by atoms with Crippen LogP contribution in [0.1, 0.15) is 39.2 Å². The van der Waals surface area contributed by atoms with Crippen LogP contribution in [0, 0.1) is 34.0 Å². The molecular formula is C20H22N4O2S. The molecular weight excluding hydrogens is 360 g/mol. The summed E-state index contributed by atoms with van der Waals surface area (Å²) in [6, 6.07) is 11.7. The summed E-state index contributed by atoms with van der Waals surface area (Å²) in [6.07, 6.45) is 0. The highest BCUT2D eigenvalue weighted by Gasteiger charge is 2.44. The molecule has 6 nitrogen and oxygen atoms in total. The first-order valence-corrected chi connectivity index (χ1v) is 9.57. The van der Waals surface area contributed by atoms with Crippen molar-refractivity contribution in [3.8, 4) is 12.1 Å². The van der Waals surface area contributed by atoms with Gasteiger partial charge < -0.3 is 10.6 Å². The molecule has 0 fully saturated rings. The van der Waals surface area contributed by atoms with Gasteiger partial charge in [-0.2, -0.15) is 10.5 Å². The van der Waals surface area contributed by atoms with Gasteiger partial charge in [-0.15, -0.1) is 0 Å². The van der Waals surface area contributed by atoms with E-state index in [4.69, 9.17) is 0 Å². The summed E-state index contributed by atoms with van der Waals surface area (Å²) in [7, 11) is 0. The molecule has 1 aliphatic heterocycles. The van der Waals surface area contributed by atoms with Crippen LogP contribution in [0.5, 0.6) is 0 Å². The number of nitriles is 2. The van der Waals surface area contributed by atoms with Gasteiger partial charge in [-0.25, -0.2) is 0 Å². The highest BCUT2D eigenvalue weighted by molar-refractivity contribution is 8.03. The van der Waals surface area contributed by atoms with Gasteiger partial charge >= 0.3 is 0 Å². The average molecular weight is 382 g/mol. The van der Waals surface area contributed by atoms with E-state index in [1.54, 1.807) is 13.8 Å². The number of benzene rings is 1. The fraction of sp³-hybridized carbons (Fsp3) is 0.400. The molecule has 2 rings (SSSR count). The Labute approximate surface area is 163 Å². The van der Waals surface area contributed by atoms with E-state index in [2.05, 4.69) is 30.6 Å². The first-order valence-electron chi connectivity index (χ1n) is 8.58. The number of amides is 2. The highest BCUT2D eigenvalue weighted by atomic mass is 32.2. The maximum Gasteiger partial charge on any atom is 0.243 e. The van der Waals surface area contributed by atoms with Crippen molar-refractivity contribution in [1.82, 2.24) is 5.32 Å². The number of hydrogen-bond acceptors (Lipinski definition) is 5. The van der Waals surface area contributed by atoms with Gasteiger partial charge in [0.05, 0.1) is 28.5 Å². The van der Waals surface area contributed by atoms with Crippen LogP contribution in [0.2, 0.25) is 0 Å². The van der Waals surface area contributed by atoms with Gasteiger partial charge in [-0.3, -0.25) is 9.59 Å². The van der Waals surface area contributed by atoms with Crippen LogP contribution in [0.4, 0.5) is 5.69 Å². The minimum atomic E-state index is -0.940. The van der Waals surface area contributed by atoms with Gasteiger partial charge in [0.15, 0.2) is 0 Å². The van der Waals surface area contributed by atoms with Crippen LogP contribution >= 0.6 is 11.8 Å². The third kappa shape index (κ3) is 4.50. The van der Waals surface area contributed by atoms with Gasteiger partial charge in [0.2, 0.25) is 11.8 Å². The topological polar surface area (TPSA) is 106 Å². The van der Waals surface area contributed by atoms with E-state index in [1.165, 1.54) is 5.56 Å². The van der Waals surface area contributed by atoms with Gasteiger partial charge in [0.25, 0.3) is 0 Å². The summed E-state index contributed by atoms with van der Waals surface area (Å²) in [4.78, 5) is 24.4. The van der Waals surface area contributed by atoms with Gasteiger partial charge in [0, 0.05) is 11.1 Å². The standard InChI is InChI=1S/C20H22N4O2S/c1-12(2)13-5-7-14(8-6-13)23-17(25)11-27-19-16(10-22)20(3,4)15(9-21)18(26)24-19/h5-8,12,15H,11H2,1-4H3,(H,23,25)(H,24,26)/t15-/m0/s1. The molecule has 1 aromatic carbocycles. The summed E-state index contributed by atoms with van der Waals surface area (Å²) in [5.41, 5.74) is 1.28. The molecule has 0 spiro atoms. The largest absolute Gasteiger partial charge is 0.325 e. The molecule has 1 heterocycles. The Morgan fingerprint density at radius 3 is 2.44 bits per heavy atom. The van der Waals surface area contributed by atoms with Crippen molar-refractivity contribution in [1.29, 1.82) is 10.5 Å². The molecule has 27 heavy (non-hydrogen) atoms. The third-order valence-corrected chi connectivity index (χ3v) is 5.54. The molecule has 1 atom stereocenters. The molecule has 0 saturated heterocycles. The number of nitrogens with zero attached hydrogens (tertiary/aromatic N) is 2. The van der Waals surface area contributed by atoms with Crippen LogP contribution in [-0.4, -0.2) is 17.6 Å². The van der Waals surface area contributed by atoms with Gasteiger partial charge in [-0.1, -0.05) is 51.6 Å². The van der Waals surface area contributed by atoms with E-state index in [1.807, 2.05) is 30.3 Å². The van der Waals surface area contributed by atoms with E-state index in [-0.39, 0.29) is 11.7 Å².